The molecule has 0 unspecified atom stereocenters. The van der Waals surface area contributed by atoms with E-state index in [1.165, 1.54) is 19.3 Å². The topological polar surface area (TPSA) is 77.4 Å². The van der Waals surface area contributed by atoms with Gasteiger partial charge in [0.2, 0.25) is 5.82 Å². The number of rotatable bonds is 2. The molecule has 27 heavy (non-hydrogen) atoms. The minimum Gasteiger partial charge on any atom is -0.265 e. The predicted molar refractivity (Wildman–Crippen MR) is 102 cm³/mol. The summed E-state index contributed by atoms with van der Waals surface area (Å²) in [5.41, 5.74) is 3.49. The Balaban J connectivity index is 1.78. The van der Waals surface area contributed by atoms with Gasteiger partial charge in [0.05, 0.1) is 6.04 Å². The highest BCUT2D eigenvalue weighted by Gasteiger charge is 2.18. The Kier molecular flexibility index (Phi) is 4.59. The van der Waals surface area contributed by atoms with Gasteiger partial charge in [-0.2, -0.15) is 4.98 Å². The summed E-state index contributed by atoms with van der Waals surface area (Å²) in [6.07, 6.45) is 7.60. The molecule has 3 heterocycles. The van der Waals surface area contributed by atoms with Gasteiger partial charge in [-0.3, -0.25) is 14.4 Å². The van der Waals surface area contributed by atoms with Crippen molar-refractivity contribution in [3.05, 3.63) is 52.7 Å². The Morgan fingerprint density at radius 3 is 2.67 bits per heavy atom. The average molecular weight is 364 g/mol. The highest BCUT2D eigenvalue weighted by Crippen LogP contribution is 2.19. The Hall–Kier alpha value is -2.83. The predicted octanol–water partition coefficient (Wildman–Crippen LogP) is 2.77. The Morgan fingerprint density at radius 1 is 1.11 bits per heavy atom. The molecule has 3 aromatic rings. The summed E-state index contributed by atoms with van der Waals surface area (Å²) in [5, 5.41) is 4.37. The number of aryl methyl sites for hydroxylation is 3. The lowest BCUT2D eigenvalue weighted by atomic mass is 9.96. The van der Waals surface area contributed by atoms with Crippen molar-refractivity contribution in [2.75, 3.05) is 0 Å². The maximum atomic E-state index is 13.1. The largest absolute Gasteiger partial charge is 0.303 e. The summed E-state index contributed by atoms with van der Waals surface area (Å²) >= 11 is 0. The number of pyridine rings is 1. The SMILES string of the molecule is Cc1ccn(C(=O)c2nc3nc(C)cc(C)n3n2)c(=NC2CCCCC2)c1. The molecule has 7 nitrogen and oxygen atoms in total. The molecule has 7 heteroatoms. The van der Waals surface area contributed by atoms with Gasteiger partial charge in [0.15, 0.2) is 0 Å². The normalized spacial score (nSPS) is 16.2. The lowest BCUT2D eigenvalue weighted by molar-refractivity contribution is 0.0944. The van der Waals surface area contributed by atoms with Crippen molar-refractivity contribution in [1.29, 1.82) is 0 Å². The summed E-state index contributed by atoms with van der Waals surface area (Å²) < 4.78 is 3.16. The smallest absolute Gasteiger partial charge is 0.265 e. The van der Waals surface area contributed by atoms with Gasteiger partial charge in [-0.15, -0.1) is 5.10 Å². The third kappa shape index (κ3) is 3.54. The molecule has 0 atom stereocenters. The molecule has 1 aliphatic carbocycles. The highest BCUT2D eigenvalue weighted by atomic mass is 16.2. The van der Waals surface area contributed by atoms with E-state index in [0.717, 1.165) is 29.8 Å². The zero-order valence-electron chi connectivity index (χ0n) is 16.0. The molecular weight excluding hydrogens is 340 g/mol. The van der Waals surface area contributed by atoms with Crippen LogP contribution in [-0.4, -0.2) is 36.1 Å². The third-order valence-electron chi connectivity index (χ3n) is 5.01. The van der Waals surface area contributed by atoms with Gasteiger partial charge in [0.1, 0.15) is 5.49 Å². The lowest BCUT2D eigenvalue weighted by Crippen LogP contribution is -2.30. The first-order valence-corrected chi connectivity index (χ1v) is 9.50. The summed E-state index contributed by atoms with van der Waals surface area (Å²) in [7, 11) is 0. The molecule has 0 amide bonds. The number of fused-ring (bicyclic) bond motifs is 1. The van der Waals surface area contributed by atoms with Crippen molar-refractivity contribution in [2.45, 2.75) is 58.9 Å². The molecule has 1 aliphatic rings. The quantitative estimate of drug-likeness (QED) is 0.700. The molecule has 1 fully saturated rings. The molecule has 0 bridgehead atoms. The van der Waals surface area contributed by atoms with Crippen LogP contribution < -0.4 is 5.49 Å². The van der Waals surface area contributed by atoms with Gasteiger partial charge in [-0.25, -0.2) is 9.50 Å². The molecule has 4 rings (SSSR count). The second-order valence-electron chi connectivity index (χ2n) is 7.34. The molecule has 1 saturated carbocycles. The Morgan fingerprint density at radius 2 is 1.89 bits per heavy atom. The van der Waals surface area contributed by atoms with E-state index >= 15 is 0 Å². The fraction of sp³-hybridized carbons (Fsp3) is 0.450. The Bertz CT molecular complexity index is 1070. The van der Waals surface area contributed by atoms with Crippen LogP contribution in [-0.2, 0) is 0 Å². The molecule has 0 radical (unpaired) electrons. The minimum atomic E-state index is -0.285. The van der Waals surface area contributed by atoms with Crippen molar-refractivity contribution in [3.63, 3.8) is 0 Å². The molecule has 0 aromatic carbocycles. The first-order chi connectivity index (χ1) is 13.0. The van der Waals surface area contributed by atoms with Crippen LogP contribution in [0.3, 0.4) is 0 Å². The van der Waals surface area contributed by atoms with Crippen LogP contribution in [0.5, 0.6) is 0 Å². The first kappa shape index (κ1) is 17.6. The molecule has 140 valence electrons. The summed E-state index contributed by atoms with van der Waals surface area (Å²) in [6, 6.07) is 6.05. The molecule has 0 saturated heterocycles. The van der Waals surface area contributed by atoms with E-state index < -0.39 is 0 Å². The second-order valence-corrected chi connectivity index (χ2v) is 7.34. The number of hydrogen-bond donors (Lipinski definition) is 0. The van der Waals surface area contributed by atoms with Crippen molar-refractivity contribution in [2.24, 2.45) is 4.99 Å². The van der Waals surface area contributed by atoms with E-state index in [0.29, 0.717) is 11.3 Å². The molecule has 0 spiro atoms. The number of carbonyl (C=O) groups is 1. The number of hydrogen-bond acceptors (Lipinski definition) is 5. The first-order valence-electron chi connectivity index (χ1n) is 9.50. The minimum absolute atomic E-state index is 0.130. The highest BCUT2D eigenvalue weighted by molar-refractivity contribution is 5.92. The van der Waals surface area contributed by atoms with E-state index in [2.05, 4.69) is 15.1 Å². The van der Waals surface area contributed by atoms with Crippen LogP contribution in [0.15, 0.2) is 29.4 Å². The molecule has 0 aliphatic heterocycles. The van der Waals surface area contributed by atoms with Crippen molar-refractivity contribution >= 4 is 11.7 Å². The standard InChI is InChI=1S/C20H24N6O/c1-13-9-10-25(17(11-13)22-16-7-5-4-6-8-16)19(27)18-23-20-21-14(2)12-15(3)26(20)24-18/h9-12,16H,4-8H2,1-3H3. The monoisotopic (exact) mass is 364 g/mol. The van der Waals surface area contributed by atoms with E-state index in [1.54, 1.807) is 15.3 Å². The van der Waals surface area contributed by atoms with Crippen LogP contribution in [0.2, 0.25) is 0 Å². The van der Waals surface area contributed by atoms with Crippen molar-refractivity contribution < 1.29 is 4.79 Å². The van der Waals surface area contributed by atoms with Crippen LogP contribution in [0.1, 0.15) is 59.7 Å². The van der Waals surface area contributed by atoms with Gasteiger partial charge in [-0.1, -0.05) is 19.3 Å². The fourth-order valence-corrected chi connectivity index (χ4v) is 3.62. The average Bonchev–Trinajstić information content (AvgIpc) is 3.07. The summed E-state index contributed by atoms with van der Waals surface area (Å²) in [5.74, 6) is 0.284. The molecule has 0 N–H and O–H groups in total. The summed E-state index contributed by atoms with van der Waals surface area (Å²) in [6.45, 7) is 5.83. The van der Waals surface area contributed by atoms with E-state index in [9.17, 15) is 4.79 Å². The maximum absolute atomic E-state index is 13.1. The van der Waals surface area contributed by atoms with Gasteiger partial charge in [0, 0.05) is 17.6 Å². The van der Waals surface area contributed by atoms with E-state index in [1.807, 2.05) is 39.0 Å². The van der Waals surface area contributed by atoms with Crippen LogP contribution in [0, 0.1) is 20.8 Å². The van der Waals surface area contributed by atoms with Gasteiger partial charge in [0.25, 0.3) is 5.78 Å². The van der Waals surface area contributed by atoms with Gasteiger partial charge in [-0.05, 0) is 57.4 Å². The fourth-order valence-electron chi connectivity index (χ4n) is 3.62. The van der Waals surface area contributed by atoms with Crippen LogP contribution in [0.25, 0.3) is 5.78 Å². The zero-order chi connectivity index (χ0) is 19.0. The van der Waals surface area contributed by atoms with E-state index in [-0.39, 0.29) is 17.8 Å². The number of carbonyl (C=O) groups excluding carboxylic acids is 1. The van der Waals surface area contributed by atoms with Gasteiger partial charge < -0.3 is 0 Å². The van der Waals surface area contributed by atoms with Crippen molar-refractivity contribution in [1.82, 2.24) is 24.1 Å². The number of nitrogens with zero attached hydrogens (tertiary/aromatic N) is 6. The Labute approximate surface area is 157 Å². The molecule has 3 aromatic heterocycles. The maximum Gasteiger partial charge on any atom is 0.303 e. The van der Waals surface area contributed by atoms with Crippen LogP contribution in [0.4, 0.5) is 0 Å². The number of aromatic nitrogens is 5. The molecular formula is C20H24N6O. The van der Waals surface area contributed by atoms with Crippen LogP contribution >= 0.6 is 0 Å². The van der Waals surface area contributed by atoms with Crippen molar-refractivity contribution in [3.8, 4) is 0 Å². The summed E-state index contributed by atoms with van der Waals surface area (Å²) in [4.78, 5) is 26.7. The van der Waals surface area contributed by atoms with Gasteiger partial charge >= 0.3 is 5.91 Å². The second kappa shape index (κ2) is 7.06. The third-order valence-corrected chi connectivity index (χ3v) is 5.01. The van der Waals surface area contributed by atoms with E-state index in [4.69, 9.17) is 4.99 Å². The lowest BCUT2D eigenvalue weighted by Gasteiger charge is -2.17. The zero-order valence-corrected chi connectivity index (χ0v) is 16.0.